The maximum atomic E-state index is 13.4. The molecule has 1 amide bonds. The smallest absolute Gasteiger partial charge is 0.233 e. The van der Waals surface area contributed by atoms with Gasteiger partial charge in [-0.3, -0.25) is 4.79 Å². The number of benzene rings is 2. The molecule has 8 atom stereocenters. The Hall–Kier alpha value is -2.53. The van der Waals surface area contributed by atoms with Crippen LogP contribution < -0.4 is 4.90 Å². The van der Waals surface area contributed by atoms with Crippen LogP contribution in [-0.4, -0.2) is 79.8 Å². The van der Waals surface area contributed by atoms with Gasteiger partial charge in [0.25, 0.3) is 0 Å². The van der Waals surface area contributed by atoms with E-state index in [0.29, 0.717) is 24.0 Å². The highest BCUT2D eigenvalue weighted by atomic mass is 16.5. The van der Waals surface area contributed by atoms with Crippen molar-refractivity contribution >= 4 is 11.6 Å². The van der Waals surface area contributed by atoms with Gasteiger partial charge in [-0.25, -0.2) is 0 Å². The van der Waals surface area contributed by atoms with E-state index in [1.54, 1.807) is 23.1 Å². The van der Waals surface area contributed by atoms with Crippen molar-refractivity contribution in [2.45, 2.75) is 94.0 Å². The van der Waals surface area contributed by atoms with Crippen LogP contribution in [-0.2, 0) is 16.0 Å². The molecule has 40 heavy (non-hydrogen) atoms. The number of carbonyl (C=O) groups excluding carboxylic acids is 1. The zero-order chi connectivity index (χ0) is 28.4. The maximum Gasteiger partial charge on any atom is 0.233 e. The lowest BCUT2D eigenvalue weighted by Crippen LogP contribution is -2.59. The Bertz CT molecular complexity index is 1140. The molecular weight excluding hydrogens is 514 g/mol. The van der Waals surface area contributed by atoms with Gasteiger partial charge in [0.05, 0.1) is 30.8 Å². The molecule has 9 nitrogen and oxygen atoms in total. The molecule has 0 spiro atoms. The molecule has 1 aliphatic carbocycles. The SMILES string of the molecule is O=C1[C@H](CC[C@H](O)C2CCCCC2)[C@@H](c2ccc(C[C@@H]3OC(CO)[C@@H](O)C(O)C3O)cc2O)N1c1ccccc1. The van der Waals surface area contributed by atoms with Gasteiger partial charge >= 0.3 is 0 Å². The summed E-state index contributed by atoms with van der Waals surface area (Å²) in [6.07, 6.45) is 0.153. The molecular formula is C31H41NO8. The lowest BCUT2D eigenvalue weighted by molar-refractivity contribution is -0.228. The summed E-state index contributed by atoms with van der Waals surface area (Å²) in [6.45, 7) is -0.506. The molecule has 0 bridgehead atoms. The van der Waals surface area contributed by atoms with Crippen LogP contribution in [0.3, 0.4) is 0 Å². The van der Waals surface area contributed by atoms with Crippen LogP contribution in [0.5, 0.6) is 5.75 Å². The van der Waals surface area contributed by atoms with Gasteiger partial charge in [0.2, 0.25) is 5.91 Å². The van der Waals surface area contributed by atoms with Crippen LogP contribution in [0.1, 0.15) is 62.1 Å². The number of hydrogen-bond acceptors (Lipinski definition) is 8. The Morgan fingerprint density at radius 3 is 2.30 bits per heavy atom. The maximum absolute atomic E-state index is 13.4. The number of aromatic hydroxyl groups is 1. The molecule has 3 aliphatic rings. The van der Waals surface area contributed by atoms with Crippen molar-refractivity contribution in [3.05, 3.63) is 59.7 Å². The van der Waals surface area contributed by atoms with Crippen LogP contribution in [0.15, 0.2) is 48.5 Å². The fourth-order valence-electron chi connectivity index (χ4n) is 6.71. The third-order valence-corrected chi connectivity index (χ3v) is 9.06. The lowest BCUT2D eigenvalue weighted by Gasteiger charge is -2.48. The van der Waals surface area contributed by atoms with E-state index < -0.39 is 49.3 Å². The largest absolute Gasteiger partial charge is 0.508 e. The molecule has 2 saturated heterocycles. The van der Waals surface area contributed by atoms with Crippen molar-refractivity contribution in [2.24, 2.45) is 11.8 Å². The first-order valence-electron chi connectivity index (χ1n) is 14.5. The Kier molecular flexibility index (Phi) is 9.09. The Morgan fingerprint density at radius 1 is 0.925 bits per heavy atom. The molecule has 9 heteroatoms. The number of nitrogens with zero attached hydrogens (tertiary/aromatic N) is 1. The molecule has 2 heterocycles. The number of amides is 1. The highest BCUT2D eigenvalue weighted by Gasteiger charge is 2.50. The summed E-state index contributed by atoms with van der Waals surface area (Å²) in [7, 11) is 0. The van der Waals surface area contributed by atoms with Gasteiger partial charge in [-0.05, 0) is 55.4 Å². The lowest BCUT2D eigenvalue weighted by atomic mass is 9.76. The summed E-state index contributed by atoms with van der Waals surface area (Å²) < 4.78 is 5.63. The molecule has 3 unspecified atom stereocenters. The summed E-state index contributed by atoms with van der Waals surface area (Å²) in [5.74, 6) is -0.126. The quantitative estimate of drug-likeness (QED) is 0.258. The number of phenolic OH excluding ortho intramolecular Hbond substituents is 1. The van der Waals surface area contributed by atoms with Gasteiger partial charge in [-0.1, -0.05) is 49.6 Å². The predicted molar refractivity (Wildman–Crippen MR) is 148 cm³/mol. The first-order chi connectivity index (χ1) is 19.3. The third kappa shape index (κ3) is 5.77. The predicted octanol–water partition coefficient (Wildman–Crippen LogP) is 2.20. The second kappa shape index (κ2) is 12.5. The van der Waals surface area contributed by atoms with Crippen LogP contribution in [0, 0.1) is 11.8 Å². The van der Waals surface area contributed by atoms with Crippen LogP contribution in [0.4, 0.5) is 5.69 Å². The van der Waals surface area contributed by atoms with Crippen LogP contribution >= 0.6 is 0 Å². The van der Waals surface area contributed by atoms with Crippen molar-refractivity contribution < 1.29 is 40.2 Å². The number of aliphatic hydroxyl groups is 5. The number of carbonyl (C=O) groups is 1. The minimum absolute atomic E-state index is 0.00153. The standard InChI is InChI=1S/C31H41NO8/c33-17-26-29(37)30(38)28(36)25(40-26)16-18-11-12-21(24(35)15-18)27-22(13-14-23(34)19-7-3-1-4-8-19)31(39)32(27)20-9-5-2-6-10-20/h2,5-6,9-12,15,19,22-23,25-30,33-38H,1,3-4,7-8,13-14,16-17H2/t22-,23+,25+,26?,27-,28?,29-,30?/m1/s1. The summed E-state index contributed by atoms with van der Waals surface area (Å²) in [5.41, 5.74) is 1.97. The van der Waals surface area contributed by atoms with E-state index in [2.05, 4.69) is 0 Å². The molecule has 3 fully saturated rings. The molecule has 6 N–H and O–H groups in total. The van der Waals surface area contributed by atoms with E-state index >= 15 is 0 Å². The first-order valence-corrected chi connectivity index (χ1v) is 14.5. The van der Waals surface area contributed by atoms with E-state index in [0.717, 1.165) is 31.4 Å². The fourth-order valence-corrected chi connectivity index (χ4v) is 6.71. The zero-order valence-electron chi connectivity index (χ0n) is 22.6. The molecule has 2 aromatic carbocycles. The van der Waals surface area contributed by atoms with Crippen molar-refractivity contribution in [2.75, 3.05) is 11.5 Å². The Balaban J connectivity index is 1.34. The van der Waals surface area contributed by atoms with E-state index in [-0.39, 0.29) is 29.9 Å². The van der Waals surface area contributed by atoms with Crippen LogP contribution in [0.25, 0.3) is 0 Å². The van der Waals surface area contributed by atoms with Crippen molar-refractivity contribution in [1.82, 2.24) is 0 Å². The average molecular weight is 556 g/mol. The van der Waals surface area contributed by atoms with Crippen LogP contribution in [0.2, 0.25) is 0 Å². The number of ether oxygens (including phenoxy) is 1. The van der Waals surface area contributed by atoms with Gasteiger partial charge < -0.3 is 40.3 Å². The van der Waals surface area contributed by atoms with Gasteiger partial charge in [-0.2, -0.15) is 0 Å². The molecule has 0 aromatic heterocycles. The summed E-state index contributed by atoms with van der Waals surface area (Å²) in [5, 5.41) is 62.1. The summed E-state index contributed by atoms with van der Waals surface area (Å²) in [6, 6.07) is 14.1. The average Bonchev–Trinajstić information content (AvgIpc) is 2.97. The number of anilines is 1. The van der Waals surface area contributed by atoms with E-state index in [1.807, 2.05) is 30.3 Å². The van der Waals surface area contributed by atoms with Gasteiger partial charge in [-0.15, -0.1) is 0 Å². The minimum Gasteiger partial charge on any atom is -0.508 e. The number of para-hydroxylation sites is 1. The molecule has 0 radical (unpaired) electrons. The Labute approximate surface area is 234 Å². The van der Waals surface area contributed by atoms with Gasteiger partial charge in [0.15, 0.2) is 0 Å². The van der Waals surface area contributed by atoms with Crippen molar-refractivity contribution in [1.29, 1.82) is 0 Å². The van der Waals surface area contributed by atoms with Crippen molar-refractivity contribution in [3.63, 3.8) is 0 Å². The number of aliphatic hydroxyl groups excluding tert-OH is 5. The number of β-lactam (4-membered cyclic amide) rings is 1. The minimum atomic E-state index is -1.46. The monoisotopic (exact) mass is 555 g/mol. The van der Waals surface area contributed by atoms with Crippen molar-refractivity contribution in [3.8, 4) is 5.75 Å². The fraction of sp³-hybridized carbons (Fsp3) is 0.581. The topological polar surface area (TPSA) is 151 Å². The normalized spacial score (nSPS) is 32.1. The second-order valence-corrected chi connectivity index (χ2v) is 11.6. The first kappa shape index (κ1) is 29.0. The summed E-state index contributed by atoms with van der Waals surface area (Å²) >= 11 is 0. The third-order valence-electron chi connectivity index (χ3n) is 9.06. The van der Waals surface area contributed by atoms with E-state index in [1.165, 1.54) is 6.42 Å². The molecule has 1 saturated carbocycles. The molecule has 5 rings (SSSR count). The number of phenols is 1. The Morgan fingerprint density at radius 2 is 1.62 bits per heavy atom. The van der Waals surface area contributed by atoms with E-state index in [4.69, 9.17) is 4.74 Å². The van der Waals surface area contributed by atoms with Gasteiger partial charge in [0.1, 0.15) is 30.2 Å². The molecule has 2 aliphatic heterocycles. The molecule has 218 valence electrons. The number of hydrogen-bond donors (Lipinski definition) is 6. The number of rotatable bonds is 9. The van der Waals surface area contributed by atoms with E-state index in [9.17, 15) is 35.4 Å². The highest BCUT2D eigenvalue weighted by Crippen LogP contribution is 2.48. The highest BCUT2D eigenvalue weighted by molar-refractivity contribution is 6.03. The zero-order valence-corrected chi connectivity index (χ0v) is 22.6. The molecule has 2 aromatic rings. The second-order valence-electron chi connectivity index (χ2n) is 11.6. The summed E-state index contributed by atoms with van der Waals surface area (Å²) in [4.78, 5) is 15.1. The van der Waals surface area contributed by atoms with Gasteiger partial charge in [0, 0.05) is 17.7 Å².